The molecular weight excluding hydrogens is 447 g/mol. The maximum absolute atomic E-state index is 13.3. The van der Waals surface area contributed by atoms with E-state index in [9.17, 15) is 22.8 Å². The number of halogens is 3. The Kier molecular flexibility index (Phi) is 7.33. The number of aromatic nitrogens is 2. The lowest BCUT2D eigenvalue weighted by molar-refractivity contribution is -0.138. The highest BCUT2D eigenvalue weighted by Crippen LogP contribution is 2.34. The highest BCUT2D eigenvalue weighted by atomic mass is 19.4. The standard InChI is InChI=1S/C24H28F3N5O2/c25-24(26,27)19-8-2-1-7-18(19)23(34)32-15-5-14-31(16-32)21-12-11-20(29-30-21)22(33)28-13-4-3-6-17-9-10-17/h1-2,7-8,11-12,17H,3-6,9-10,13-16H2,(H,28,33). The van der Waals surface area contributed by atoms with Crippen molar-refractivity contribution in [3.8, 4) is 0 Å². The Hall–Kier alpha value is -3.17. The molecule has 10 heteroatoms. The summed E-state index contributed by atoms with van der Waals surface area (Å²) in [5.74, 6) is 0.380. The summed E-state index contributed by atoms with van der Waals surface area (Å²) < 4.78 is 40.0. The molecule has 0 unspecified atom stereocenters. The lowest BCUT2D eigenvalue weighted by Gasteiger charge is -2.36. The molecule has 1 saturated heterocycles. The lowest BCUT2D eigenvalue weighted by Crippen LogP contribution is -2.48. The average molecular weight is 476 g/mol. The van der Waals surface area contributed by atoms with E-state index < -0.39 is 17.6 Å². The Balaban J connectivity index is 1.34. The molecule has 1 aromatic carbocycles. The Morgan fingerprint density at radius 2 is 1.82 bits per heavy atom. The van der Waals surface area contributed by atoms with Crippen molar-refractivity contribution in [1.29, 1.82) is 0 Å². The summed E-state index contributed by atoms with van der Waals surface area (Å²) in [7, 11) is 0. The van der Waals surface area contributed by atoms with E-state index in [1.165, 1.54) is 42.4 Å². The monoisotopic (exact) mass is 475 g/mol. The maximum Gasteiger partial charge on any atom is 0.417 e. The second-order valence-electron chi connectivity index (χ2n) is 8.84. The summed E-state index contributed by atoms with van der Waals surface area (Å²) >= 11 is 0. The molecule has 2 aliphatic rings. The van der Waals surface area contributed by atoms with Gasteiger partial charge in [-0.15, -0.1) is 10.2 Å². The minimum Gasteiger partial charge on any atom is -0.351 e. The molecule has 1 saturated carbocycles. The van der Waals surface area contributed by atoms with E-state index in [1.807, 2.05) is 0 Å². The predicted octanol–water partition coefficient (Wildman–Crippen LogP) is 4.12. The second-order valence-corrected chi connectivity index (χ2v) is 8.84. The molecule has 2 aromatic rings. The third kappa shape index (κ3) is 6.03. The van der Waals surface area contributed by atoms with Gasteiger partial charge < -0.3 is 15.1 Å². The number of anilines is 1. The fourth-order valence-electron chi connectivity index (χ4n) is 4.11. The Morgan fingerprint density at radius 1 is 1.03 bits per heavy atom. The van der Waals surface area contributed by atoms with Crippen LogP contribution in [0.1, 0.15) is 64.9 Å². The third-order valence-electron chi connectivity index (χ3n) is 6.18. The first-order chi connectivity index (χ1) is 16.3. The van der Waals surface area contributed by atoms with E-state index in [2.05, 4.69) is 15.5 Å². The molecule has 0 radical (unpaired) electrons. The second kappa shape index (κ2) is 10.4. The van der Waals surface area contributed by atoms with Gasteiger partial charge in [-0.25, -0.2) is 0 Å². The van der Waals surface area contributed by atoms with Gasteiger partial charge in [-0.1, -0.05) is 37.8 Å². The molecule has 1 aliphatic heterocycles. The summed E-state index contributed by atoms with van der Waals surface area (Å²) in [4.78, 5) is 28.3. The SMILES string of the molecule is O=C(NCCCCC1CC1)c1ccc(N2CCCN(C(=O)c3ccccc3C(F)(F)F)C2)nn1. The molecule has 1 aliphatic carbocycles. The number of hydrogen-bond donors (Lipinski definition) is 1. The van der Waals surface area contributed by atoms with Gasteiger partial charge in [-0.2, -0.15) is 13.2 Å². The van der Waals surface area contributed by atoms with Crippen LogP contribution in [0.4, 0.5) is 19.0 Å². The van der Waals surface area contributed by atoms with E-state index in [0.29, 0.717) is 31.9 Å². The van der Waals surface area contributed by atoms with Crippen LogP contribution in [-0.4, -0.2) is 53.2 Å². The summed E-state index contributed by atoms with van der Waals surface area (Å²) in [6.07, 6.45) is 1.89. The number of rotatable bonds is 8. The van der Waals surface area contributed by atoms with Crippen LogP contribution in [0.15, 0.2) is 36.4 Å². The zero-order valence-electron chi connectivity index (χ0n) is 18.9. The van der Waals surface area contributed by atoms with Crippen LogP contribution in [-0.2, 0) is 6.18 Å². The number of alkyl halides is 3. The van der Waals surface area contributed by atoms with Crippen LogP contribution < -0.4 is 10.2 Å². The molecule has 2 heterocycles. The van der Waals surface area contributed by atoms with Gasteiger partial charge in [0.25, 0.3) is 11.8 Å². The van der Waals surface area contributed by atoms with Gasteiger partial charge in [-0.3, -0.25) is 9.59 Å². The van der Waals surface area contributed by atoms with Crippen molar-refractivity contribution in [3.63, 3.8) is 0 Å². The van der Waals surface area contributed by atoms with E-state index in [0.717, 1.165) is 24.8 Å². The molecular formula is C24H28F3N5O2. The minimum absolute atomic E-state index is 0.0895. The molecule has 1 aromatic heterocycles. The molecule has 182 valence electrons. The Morgan fingerprint density at radius 3 is 2.53 bits per heavy atom. The van der Waals surface area contributed by atoms with Crippen molar-refractivity contribution in [2.45, 2.75) is 44.7 Å². The normalized spacial score (nSPS) is 16.4. The number of amides is 2. The van der Waals surface area contributed by atoms with Crippen LogP contribution >= 0.6 is 0 Å². The van der Waals surface area contributed by atoms with Gasteiger partial charge in [0.05, 0.1) is 17.8 Å². The number of nitrogens with one attached hydrogen (secondary N) is 1. The van der Waals surface area contributed by atoms with Crippen LogP contribution in [0.3, 0.4) is 0 Å². The summed E-state index contributed by atoms with van der Waals surface area (Å²) in [6.45, 7) is 1.60. The van der Waals surface area contributed by atoms with Crippen LogP contribution in [0, 0.1) is 5.92 Å². The smallest absolute Gasteiger partial charge is 0.351 e. The topological polar surface area (TPSA) is 78.4 Å². The highest BCUT2D eigenvalue weighted by Gasteiger charge is 2.36. The number of carbonyl (C=O) groups excluding carboxylic acids is 2. The van der Waals surface area contributed by atoms with Crippen LogP contribution in [0.5, 0.6) is 0 Å². The van der Waals surface area contributed by atoms with E-state index in [1.54, 1.807) is 17.0 Å². The van der Waals surface area contributed by atoms with Gasteiger partial charge in [0.15, 0.2) is 11.5 Å². The molecule has 2 fully saturated rings. The van der Waals surface area contributed by atoms with Crippen molar-refractivity contribution in [2.75, 3.05) is 31.2 Å². The lowest BCUT2D eigenvalue weighted by atomic mass is 10.1. The van der Waals surface area contributed by atoms with Crippen molar-refractivity contribution in [3.05, 3.63) is 53.2 Å². The number of benzene rings is 1. The molecule has 34 heavy (non-hydrogen) atoms. The van der Waals surface area contributed by atoms with Crippen LogP contribution in [0.2, 0.25) is 0 Å². The Labute approximate surface area is 196 Å². The third-order valence-corrected chi connectivity index (χ3v) is 6.18. The van der Waals surface area contributed by atoms with Crippen molar-refractivity contribution < 1.29 is 22.8 Å². The van der Waals surface area contributed by atoms with E-state index >= 15 is 0 Å². The zero-order valence-corrected chi connectivity index (χ0v) is 18.9. The van der Waals surface area contributed by atoms with Crippen LogP contribution in [0.25, 0.3) is 0 Å². The van der Waals surface area contributed by atoms with E-state index in [4.69, 9.17) is 0 Å². The molecule has 0 bridgehead atoms. The number of hydrogen-bond acceptors (Lipinski definition) is 5. The van der Waals surface area contributed by atoms with Gasteiger partial charge in [-0.05, 0) is 43.0 Å². The molecule has 2 amide bonds. The summed E-state index contributed by atoms with van der Waals surface area (Å²) in [6, 6.07) is 8.02. The van der Waals surface area contributed by atoms with Crippen molar-refractivity contribution in [2.24, 2.45) is 5.92 Å². The molecule has 7 nitrogen and oxygen atoms in total. The fourth-order valence-corrected chi connectivity index (χ4v) is 4.11. The predicted molar refractivity (Wildman–Crippen MR) is 120 cm³/mol. The van der Waals surface area contributed by atoms with Gasteiger partial charge in [0.2, 0.25) is 0 Å². The van der Waals surface area contributed by atoms with Gasteiger partial charge >= 0.3 is 6.18 Å². The number of nitrogens with zero attached hydrogens (tertiary/aromatic N) is 4. The molecule has 0 atom stereocenters. The highest BCUT2D eigenvalue weighted by molar-refractivity contribution is 5.96. The maximum atomic E-state index is 13.3. The minimum atomic E-state index is -4.61. The van der Waals surface area contributed by atoms with Crippen molar-refractivity contribution in [1.82, 2.24) is 20.4 Å². The average Bonchev–Trinajstić information content (AvgIpc) is 3.67. The van der Waals surface area contributed by atoms with E-state index in [-0.39, 0.29) is 23.8 Å². The van der Waals surface area contributed by atoms with Gasteiger partial charge in [0.1, 0.15) is 0 Å². The fraction of sp³-hybridized carbons (Fsp3) is 0.500. The molecule has 4 rings (SSSR count). The molecule has 0 spiro atoms. The first kappa shape index (κ1) is 24.0. The largest absolute Gasteiger partial charge is 0.417 e. The van der Waals surface area contributed by atoms with Gasteiger partial charge in [0, 0.05) is 19.6 Å². The molecule has 1 N–H and O–H groups in total. The Bertz CT molecular complexity index is 1010. The summed E-state index contributed by atoms with van der Waals surface area (Å²) in [5, 5.41) is 11.0. The first-order valence-corrected chi connectivity index (χ1v) is 11.7. The quantitative estimate of drug-likeness (QED) is 0.582. The summed E-state index contributed by atoms with van der Waals surface area (Å²) in [5.41, 5.74) is -1.11. The van der Waals surface area contributed by atoms with Crippen molar-refractivity contribution >= 4 is 17.6 Å². The first-order valence-electron chi connectivity index (χ1n) is 11.7. The number of carbonyl (C=O) groups is 2. The number of unbranched alkanes of at least 4 members (excludes halogenated alkanes) is 1. The zero-order chi connectivity index (χ0) is 24.1.